The lowest BCUT2D eigenvalue weighted by atomic mass is 10.1. The molecule has 0 aromatic rings. The molecule has 0 bridgehead atoms. The second-order valence-corrected chi connectivity index (χ2v) is 7.65. The highest BCUT2D eigenvalue weighted by atomic mass is 16.7. The Balaban J connectivity index is 3.47. The van der Waals surface area contributed by atoms with E-state index in [2.05, 4.69) is 31.2 Å². The zero-order chi connectivity index (χ0) is 22.8. The van der Waals surface area contributed by atoms with Gasteiger partial charge in [-0.2, -0.15) is 0 Å². The largest absolute Gasteiger partial charge is 0.463 e. The Kier molecular flexibility index (Phi) is 24.1. The van der Waals surface area contributed by atoms with Crippen LogP contribution in [-0.2, 0) is 23.7 Å². The molecule has 0 heterocycles. The Bertz CT molecular complexity index is 436. The number of unbranched alkanes of at least 4 members (excludes halogenated alkanes) is 8. The van der Waals surface area contributed by atoms with E-state index in [0.29, 0.717) is 19.6 Å². The van der Waals surface area contributed by atoms with Crippen LogP contribution < -0.4 is 0 Å². The Morgan fingerprint density at radius 1 is 0.903 bits per heavy atom. The minimum absolute atomic E-state index is 0.0388. The zero-order valence-electron chi connectivity index (χ0n) is 19.9. The zero-order valence-corrected chi connectivity index (χ0v) is 19.9. The van der Waals surface area contributed by atoms with Gasteiger partial charge in [-0.05, 0) is 38.5 Å². The van der Waals surface area contributed by atoms with E-state index in [1.54, 1.807) is 7.11 Å². The van der Waals surface area contributed by atoms with Crippen LogP contribution in [0.3, 0.4) is 0 Å². The minimum atomic E-state index is -0.559. The second kappa shape index (κ2) is 25.1. The molecule has 1 atom stereocenters. The standard InChI is InChI=1S/C25H46O6/c1-3-4-5-6-7-8-9-10-11-12-13-14-15-16-17-18-25(27)30-22-24(21-26)31-23-29-20-19-28-2/h7-8,10-11,24,26H,3-6,9,12-23H2,1-2H3/b8-7-,11-10-/t24-/m0/s1. The third-order valence-electron chi connectivity index (χ3n) is 4.78. The summed E-state index contributed by atoms with van der Waals surface area (Å²) in [6.45, 7) is 3.00. The molecule has 0 saturated heterocycles. The molecular weight excluding hydrogens is 396 g/mol. The quantitative estimate of drug-likeness (QED) is 0.0996. The summed E-state index contributed by atoms with van der Waals surface area (Å²) in [5, 5.41) is 9.25. The molecule has 0 spiro atoms. The monoisotopic (exact) mass is 442 g/mol. The van der Waals surface area contributed by atoms with E-state index in [9.17, 15) is 9.90 Å². The van der Waals surface area contributed by atoms with Gasteiger partial charge in [0.25, 0.3) is 0 Å². The van der Waals surface area contributed by atoms with Crippen molar-refractivity contribution in [3.63, 3.8) is 0 Å². The number of aliphatic hydroxyl groups excluding tert-OH is 1. The van der Waals surface area contributed by atoms with Gasteiger partial charge in [-0.1, -0.05) is 63.3 Å². The van der Waals surface area contributed by atoms with Crippen molar-refractivity contribution in [1.82, 2.24) is 0 Å². The predicted molar refractivity (Wildman–Crippen MR) is 125 cm³/mol. The number of esters is 1. The number of methoxy groups -OCH3 is 1. The van der Waals surface area contributed by atoms with E-state index in [4.69, 9.17) is 18.9 Å². The number of carbonyl (C=O) groups excluding carboxylic acids is 1. The number of ether oxygens (including phenoxy) is 4. The van der Waals surface area contributed by atoms with Gasteiger partial charge in [0.05, 0.1) is 19.8 Å². The first-order valence-electron chi connectivity index (χ1n) is 12.0. The van der Waals surface area contributed by atoms with Crippen LogP contribution in [0.25, 0.3) is 0 Å². The van der Waals surface area contributed by atoms with E-state index in [-0.39, 0.29) is 26.0 Å². The van der Waals surface area contributed by atoms with E-state index < -0.39 is 6.10 Å². The van der Waals surface area contributed by atoms with Gasteiger partial charge in [-0.15, -0.1) is 0 Å². The number of carbonyl (C=O) groups is 1. The lowest BCUT2D eigenvalue weighted by Crippen LogP contribution is -2.27. The average molecular weight is 443 g/mol. The van der Waals surface area contributed by atoms with Crippen LogP contribution in [0, 0.1) is 0 Å². The average Bonchev–Trinajstić information content (AvgIpc) is 2.78. The third kappa shape index (κ3) is 23.3. The van der Waals surface area contributed by atoms with Crippen LogP contribution in [0.5, 0.6) is 0 Å². The molecule has 6 heteroatoms. The van der Waals surface area contributed by atoms with Gasteiger partial charge in [0.2, 0.25) is 0 Å². The molecule has 31 heavy (non-hydrogen) atoms. The lowest BCUT2D eigenvalue weighted by Gasteiger charge is -2.15. The molecule has 0 aromatic carbocycles. The molecule has 0 saturated carbocycles. The van der Waals surface area contributed by atoms with Gasteiger partial charge in [0.1, 0.15) is 19.5 Å². The highest BCUT2D eigenvalue weighted by Gasteiger charge is 2.11. The van der Waals surface area contributed by atoms with E-state index in [1.807, 2.05) is 0 Å². The molecule has 0 aliphatic rings. The molecule has 1 N–H and O–H groups in total. The summed E-state index contributed by atoms with van der Waals surface area (Å²) < 4.78 is 20.5. The van der Waals surface area contributed by atoms with Crippen molar-refractivity contribution in [3.05, 3.63) is 24.3 Å². The van der Waals surface area contributed by atoms with Gasteiger partial charge in [-0.3, -0.25) is 4.79 Å². The normalized spacial score (nSPS) is 12.7. The third-order valence-corrected chi connectivity index (χ3v) is 4.78. The molecule has 6 nitrogen and oxygen atoms in total. The van der Waals surface area contributed by atoms with Crippen molar-refractivity contribution in [2.75, 3.05) is 40.3 Å². The summed E-state index contributed by atoms with van der Waals surface area (Å²) in [5.74, 6) is -0.243. The predicted octanol–water partition coefficient (Wildman–Crippen LogP) is 5.34. The summed E-state index contributed by atoms with van der Waals surface area (Å²) >= 11 is 0. The van der Waals surface area contributed by atoms with Crippen molar-refractivity contribution < 1.29 is 28.8 Å². The van der Waals surface area contributed by atoms with E-state index >= 15 is 0 Å². The first-order chi connectivity index (χ1) is 15.2. The Hall–Kier alpha value is -1.21. The molecule has 0 radical (unpaired) electrons. The highest BCUT2D eigenvalue weighted by molar-refractivity contribution is 5.69. The molecule has 0 rings (SSSR count). The van der Waals surface area contributed by atoms with E-state index in [0.717, 1.165) is 32.1 Å². The first-order valence-corrected chi connectivity index (χ1v) is 12.0. The summed E-state index contributed by atoms with van der Waals surface area (Å²) in [5.41, 5.74) is 0. The fourth-order valence-electron chi connectivity index (χ4n) is 2.84. The number of hydrogen-bond donors (Lipinski definition) is 1. The number of aliphatic hydroxyl groups is 1. The van der Waals surface area contributed by atoms with Crippen LogP contribution in [0.1, 0.15) is 84.0 Å². The molecule has 0 aliphatic heterocycles. The molecule has 0 aromatic heterocycles. The van der Waals surface area contributed by atoms with Crippen molar-refractivity contribution in [2.45, 2.75) is 90.1 Å². The first kappa shape index (κ1) is 29.8. The number of allylic oxidation sites excluding steroid dienone is 4. The van der Waals surface area contributed by atoms with Gasteiger partial charge in [0, 0.05) is 13.5 Å². The maximum Gasteiger partial charge on any atom is 0.305 e. The van der Waals surface area contributed by atoms with Crippen molar-refractivity contribution in [2.24, 2.45) is 0 Å². The molecule has 182 valence electrons. The number of rotatable bonds is 23. The van der Waals surface area contributed by atoms with Crippen LogP contribution in [0.2, 0.25) is 0 Å². The lowest BCUT2D eigenvalue weighted by molar-refractivity contribution is -0.157. The van der Waals surface area contributed by atoms with E-state index in [1.165, 1.54) is 38.5 Å². The summed E-state index contributed by atoms with van der Waals surface area (Å²) in [6, 6.07) is 0. The summed E-state index contributed by atoms with van der Waals surface area (Å²) in [6.07, 6.45) is 21.6. The SMILES string of the molecule is CCCCC/C=C\C/C=C\CCCCCCCC(=O)OC[C@H](CO)OCOCCOC. The van der Waals surface area contributed by atoms with Crippen LogP contribution in [-0.4, -0.2) is 57.5 Å². The molecule has 0 aliphatic carbocycles. The smallest absolute Gasteiger partial charge is 0.305 e. The Labute approximate surface area is 190 Å². The van der Waals surface area contributed by atoms with Gasteiger partial charge < -0.3 is 24.1 Å². The van der Waals surface area contributed by atoms with Crippen molar-refractivity contribution >= 4 is 5.97 Å². The fraction of sp³-hybridized carbons (Fsp3) is 0.800. The summed E-state index contributed by atoms with van der Waals surface area (Å²) in [7, 11) is 1.59. The van der Waals surface area contributed by atoms with Gasteiger partial charge in [-0.25, -0.2) is 0 Å². The van der Waals surface area contributed by atoms with Gasteiger partial charge in [0.15, 0.2) is 0 Å². The van der Waals surface area contributed by atoms with Crippen molar-refractivity contribution in [1.29, 1.82) is 0 Å². The van der Waals surface area contributed by atoms with Crippen molar-refractivity contribution in [3.8, 4) is 0 Å². The Morgan fingerprint density at radius 2 is 1.58 bits per heavy atom. The molecular formula is C25H46O6. The van der Waals surface area contributed by atoms with Crippen LogP contribution in [0.15, 0.2) is 24.3 Å². The maximum atomic E-state index is 11.8. The minimum Gasteiger partial charge on any atom is -0.463 e. The molecule has 0 amide bonds. The number of hydrogen-bond acceptors (Lipinski definition) is 6. The van der Waals surface area contributed by atoms with Crippen LogP contribution in [0.4, 0.5) is 0 Å². The van der Waals surface area contributed by atoms with Gasteiger partial charge >= 0.3 is 5.97 Å². The summed E-state index contributed by atoms with van der Waals surface area (Å²) in [4.78, 5) is 11.8. The molecule has 0 unspecified atom stereocenters. The Morgan fingerprint density at radius 3 is 2.26 bits per heavy atom. The topological polar surface area (TPSA) is 74.2 Å². The highest BCUT2D eigenvalue weighted by Crippen LogP contribution is 2.09. The molecule has 0 fully saturated rings. The van der Waals surface area contributed by atoms with Crippen LogP contribution >= 0.6 is 0 Å². The maximum absolute atomic E-state index is 11.8. The fourth-order valence-corrected chi connectivity index (χ4v) is 2.84. The second-order valence-electron chi connectivity index (χ2n) is 7.65.